The maximum atomic E-state index is 2.55. The van der Waals surface area contributed by atoms with Crippen LogP contribution in [0.5, 0.6) is 0 Å². The first-order valence-corrected chi connectivity index (χ1v) is 27.8. The van der Waals surface area contributed by atoms with Gasteiger partial charge in [0, 0.05) is 43.0 Å². The van der Waals surface area contributed by atoms with Gasteiger partial charge in [0.25, 0.3) is 0 Å². The van der Waals surface area contributed by atoms with Crippen LogP contribution in [0.1, 0.15) is 187 Å². The van der Waals surface area contributed by atoms with Gasteiger partial charge >= 0.3 is 0 Å². The highest BCUT2D eigenvalue weighted by atomic mass is 15.1. The fourth-order valence-electron chi connectivity index (χ4n) is 10.3. The smallest absolute Gasteiger partial charge is 0.0366 e. The SMILES string of the molecule is CCCCN(CCCC)c1ccc(/C=C/c2ccc(/C=C/c3ccc4c(c3)C(CCCC)(CCCC)c3cc(/C=C/c5ccc(/C=C/c6ccc(N(CCCC)CCCC)cc6)cc5)ccc3-4)cc2)cc1. The average molecular weight is 941 g/mol. The molecular weight excluding hydrogens is 857 g/mol. The van der Waals surface area contributed by atoms with Gasteiger partial charge in [-0.05, 0) is 130 Å². The summed E-state index contributed by atoms with van der Waals surface area (Å²) in [5, 5.41) is 0. The van der Waals surface area contributed by atoms with Gasteiger partial charge in [-0.3, -0.25) is 0 Å². The Labute approximate surface area is 431 Å². The zero-order chi connectivity index (χ0) is 49.7. The van der Waals surface area contributed by atoms with Gasteiger partial charge in [0.15, 0.2) is 0 Å². The Hall–Kier alpha value is -6.12. The van der Waals surface area contributed by atoms with Crippen LogP contribution in [-0.2, 0) is 5.41 Å². The predicted molar refractivity (Wildman–Crippen MR) is 317 cm³/mol. The van der Waals surface area contributed by atoms with Crippen molar-refractivity contribution in [3.63, 3.8) is 0 Å². The molecule has 2 nitrogen and oxygen atoms in total. The predicted octanol–water partition coefficient (Wildman–Crippen LogP) is 19.8. The van der Waals surface area contributed by atoms with Crippen LogP contribution in [0, 0.1) is 0 Å². The molecule has 0 aliphatic heterocycles. The van der Waals surface area contributed by atoms with Gasteiger partial charge in [-0.1, -0.05) is 251 Å². The lowest BCUT2D eigenvalue weighted by Crippen LogP contribution is -2.25. The standard InChI is InChI=1S/C69H84N2/c1-7-13-47-69(48-14-8-2)67-53-61(33-31-57-23-19-55(20-24-57)27-29-59-35-41-63(42-36-59)70(49-15-9-3)50-16-10-4)39-45-65(67)66-46-40-62(54-68(66)69)34-32-58-25-21-56(22-26-58)28-30-60-37-43-64(44-38-60)71(51-17-11-5)52-18-12-6/h19-46,53-54H,7-18,47-52H2,1-6H3/b29-27+,30-28+,33-31+,34-32+. The molecule has 370 valence electrons. The van der Waals surface area contributed by atoms with Crippen LogP contribution < -0.4 is 9.80 Å². The molecule has 6 aromatic carbocycles. The van der Waals surface area contributed by atoms with Crippen LogP contribution in [-0.4, -0.2) is 26.2 Å². The number of hydrogen-bond acceptors (Lipinski definition) is 2. The minimum Gasteiger partial charge on any atom is -0.372 e. The number of rotatable bonds is 28. The van der Waals surface area contributed by atoms with Crippen molar-refractivity contribution in [3.05, 3.63) is 189 Å². The number of benzene rings is 6. The van der Waals surface area contributed by atoms with E-state index >= 15 is 0 Å². The molecule has 2 heteroatoms. The van der Waals surface area contributed by atoms with Crippen molar-refractivity contribution in [1.82, 2.24) is 0 Å². The van der Waals surface area contributed by atoms with Crippen molar-refractivity contribution in [2.75, 3.05) is 36.0 Å². The van der Waals surface area contributed by atoms with Crippen molar-refractivity contribution < 1.29 is 0 Å². The number of hydrogen-bond donors (Lipinski definition) is 0. The molecule has 0 bridgehead atoms. The summed E-state index contributed by atoms with van der Waals surface area (Å²) >= 11 is 0. The Morgan fingerprint density at radius 3 is 0.803 bits per heavy atom. The second kappa shape index (κ2) is 27.5. The van der Waals surface area contributed by atoms with E-state index in [0.29, 0.717) is 0 Å². The first kappa shape index (κ1) is 52.7. The van der Waals surface area contributed by atoms with E-state index in [4.69, 9.17) is 0 Å². The van der Waals surface area contributed by atoms with E-state index in [1.807, 2.05) is 0 Å². The first-order chi connectivity index (χ1) is 34.9. The molecule has 0 saturated heterocycles. The topological polar surface area (TPSA) is 6.48 Å². The third-order valence-electron chi connectivity index (χ3n) is 14.7. The summed E-state index contributed by atoms with van der Waals surface area (Å²) in [6, 6.07) is 50.6. The minimum absolute atomic E-state index is 0.0139. The zero-order valence-electron chi connectivity index (χ0n) is 44.4. The van der Waals surface area contributed by atoms with E-state index in [1.165, 1.54) is 168 Å². The van der Waals surface area contributed by atoms with Crippen LogP contribution in [0.2, 0.25) is 0 Å². The summed E-state index contributed by atoms with van der Waals surface area (Å²) < 4.78 is 0. The molecular formula is C69H84N2. The van der Waals surface area contributed by atoms with E-state index in [-0.39, 0.29) is 5.41 Å². The Balaban J connectivity index is 1.02. The number of fused-ring (bicyclic) bond motifs is 3. The van der Waals surface area contributed by atoms with Gasteiger partial charge in [-0.15, -0.1) is 0 Å². The highest BCUT2D eigenvalue weighted by Crippen LogP contribution is 2.54. The quantitative estimate of drug-likeness (QED) is 0.0452. The fourth-order valence-corrected chi connectivity index (χ4v) is 10.3. The lowest BCUT2D eigenvalue weighted by molar-refractivity contribution is 0.414. The van der Waals surface area contributed by atoms with Crippen LogP contribution in [0.3, 0.4) is 0 Å². The molecule has 0 fully saturated rings. The number of nitrogens with zero attached hydrogens (tertiary/aromatic N) is 2. The van der Waals surface area contributed by atoms with Gasteiger partial charge in [0.2, 0.25) is 0 Å². The molecule has 6 aromatic rings. The maximum Gasteiger partial charge on any atom is 0.0366 e. The van der Waals surface area contributed by atoms with E-state index in [2.05, 4.69) is 233 Å². The van der Waals surface area contributed by atoms with E-state index in [1.54, 1.807) is 0 Å². The van der Waals surface area contributed by atoms with Crippen molar-refractivity contribution >= 4 is 60.0 Å². The summed E-state index contributed by atoms with van der Waals surface area (Å²) in [5.41, 5.74) is 18.4. The van der Waals surface area contributed by atoms with Gasteiger partial charge in [-0.25, -0.2) is 0 Å². The molecule has 0 amide bonds. The summed E-state index contributed by atoms with van der Waals surface area (Å²) in [6.07, 6.45) is 35.1. The monoisotopic (exact) mass is 941 g/mol. The molecule has 0 aromatic heterocycles. The normalized spacial score (nSPS) is 13.0. The van der Waals surface area contributed by atoms with Crippen molar-refractivity contribution in [2.45, 2.75) is 137 Å². The lowest BCUT2D eigenvalue weighted by atomic mass is 9.70. The Kier molecular flexibility index (Phi) is 20.4. The molecule has 0 unspecified atom stereocenters. The highest BCUT2D eigenvalue weighted by molar-refractivity contribution is 5.85. The minimum atomic E-state index is 0.0139. The summed E-state index contributed by atoms with van der Waals surface area (Å²) in [5.74, 6) is 0. The Morgan fingerprint density at radius 2 is 0.535 bits per heavy atom. The number of anilines is 2. The molecule has 0 atom stereocenters. The third kappa shape index (κ3) is 14.5. The molecule has 1 aliphatic rings. The molecule has 0 N–H and O–H groups in total. The van der Waals surface area contributed by atoms with E-state index in [9.17, 15) is 0 Å². The van der Waals surface area contributed by atoms with Gasteiger partial charge in [-0.2, -0.15) is 0 Å². The number of unbranched alkanes of at least 4 members (excludes halogenated alkanes) is 6. The molecule has 7 rings (SSSR count). The summed E-state index contributed by atoms with van der Waals surface area (Å²) in [6.45, 7) is 18.3. The fraction of sp³-hybridized carbons (Fsp3) is 0.362. The molecule has 0 saturated carbocycles. The van der Waals surface area contributed by atoms with Crippen LogP contribution in [0.15, 0.2) is 133 Å². The lowest BCUT2D eigenvalue weighted by Gasteiger charge is -2.33. The van der Waals surface area contributed by atoms with Crippen LogP contribution >= 0.6 is 0 Å². The Bertz CT molecular complexity index is 2440. The average Bonchev–Trinajstić information content (AvgIpc) is 3.68. The Morgan fingerprint density at radius 1 is 0.296 bits per heavy atom. The molecule has 0 radical (unpaired) electrons. The maximum absolute atomic E-state index is 2.55. The van der Waals surface area contributed by atoms with E-state index < -0.39 is 0 Å². The molecule has 71 heavy (non-hydrogen) atoms. The van der Waals surface area contributed by atoms with Crippen molar-refractivity contribution in [3.8, 4) is 11.1 Å². The highest BCUT2D eigenvalue weighted by Gasteiger charge is 2.42. The van der Waals surface area contributed by atoms with Gasteiger partial charge in [0.1, 0.15) is 0 Å². The van der Waals surface area contributed by atoms with E-state index in [0.717, 1.165) is 26.2 Å². The van der Waals surface area contributed by atoms with Crippen molar-refractivity contribution in [2.24, 2.45) is 0 Å². The second-order valence-corrected chi connectivity index (χ2v) is 20.1. The molecule has 1 aliphatic carbocycles. The van der Waals surface area contributed by atoms with Gasteiger partial charge < -0.3 is 9.80 Å². The molecule has 0 spiro atoms. The second-order valence-electron chi connectivity index (χ2n) is 20.1. The third-order valence-corrected chi connectivity index (χ3v) is 14.7. The first-order valence-electron chi connectivity index (χ1n) is 27.8. The van der Waals surface area contributed by atoms with Crippen molar-refractivity contribution in [1.29, 1.82) is 0 Å². The zero-order valence-corrected chi connectivity index (χ0v) is 44.4. The van der Waals surface area contributed by atoms with Crippen LogP contribution in [0.25, 0.3) is 59.7 Å². The largest absolute Gasteiger partial charge is 0.372 e. The molecule has 0 heterocycles. The van der Waals surface area contributed by atoms with Crippen LogP contribution in [0.4, 0.5) is 11.4 Å². The summed E-state index contributed by atoms with van der Waals surface area (Å²) in [7, 11) is 0. The summed E-state index contributed by atoms with van der Waals surface area (Å²) in [4.78, 5) is 5.10. The van der Waals surface area contributed by atoms with Gasteiger partial charge in [0.05, 0.1) is 0 Å².